The zero-order valence-corrected chi connectivity index (χ0v) is 14.2. The largest absolute Gasteiger partial charge is 0.376 e. The van der Waals surface area contributed by atoms with Gasteiger partial charge in [0.25, 0.3) is 5.91 Å². The molecule has 0 spiro atoms. The number of hydrogen-bond donors (Lipinski definition) is 2. The predicted octanol–water partition coefficient (Wildman–Crippen LogP) is 1.83. The molecule has 2 atom stereocenters. The van der Waals surface area contributed by atoms with E-state index in [9.17, 15) is 9.59 Å². The Morgan fingerprint density at radius 1 is 1.35 bits per heavy atom. The van der Waals surface area contributed by atoms with Gasteiger partial charge < -0.3 is 15.4 Å². The molecule has 126 valence electrons. The minimum absolute atomic E-state index is 0.102. The van der Waals surface area contributed by atoms with Gasteiger partial charge in [-0.2, -0.15) is 11.8 Å². The highest BCUT2D eigenvalue weighted by molar-refractivity contribution is 7.98. The number of carbonyl (C=O) groups excluding carboxylic acids is 2. The van der Waals surface area contributed by atoms with Crippen LogP contribution >= 0.6 is 11.8 Å². The predicted molar refractivity (Wildman–Crippen MR) is 92.7 cm³/mol. The lowest BCUT2D eigenvalue weighted by molar-refractivity contribution is -0.123. The summed E-state index contributed by atoms with van der Waals surface area (Å²) in [6.45, 7) is 1.27. The summed E-state index contributed by atoms with van der Waals surface area (Å²) in [6.07, 6.45) is 4.72. The van der Waals surface area contributed by atoms with Crippen LogP contribution in [0, 0.1) is 0 Å². The van der Waals surface area contributed by atoms with Crippen molar-refractivity contribution in [3.05, 3.63) is 35.9 Å². The van der Waals surface area contributed by atoms with Crippen molar-refractivity contribution in [3.8, 4) is 0 Å². The fraction of sp³-hybridized carbons (Fsp3) is 0.529. The third kappa shape index (κ3) is 5.88. The molecule has 0 unspecified atom stereocenters. The summed E-state index contributed by atoms with van der Waals surface area (Å²) in [4.78, 5) is 24.6. The highest BCUT2D eigenvalue weighted by atomic mass is 32.2. The molecular formula is C17H24N2O3S. The molecule has 1 aromatic carbocycles. The van der Waals surface area contributed by atoms with Crippen LogP contribution in [0.5, 0.6) is 0 Å². The molecule has 2 amide bonds. The Morgan fingerprint density at radius 2 is 2.13 bits per heavy atom. The summed E-state index contributed by atoms with van der Waals surface area (Å²) in [6, 6.07) is 8.44. The van der Waals surface area contributed by atoms with Crippen LogP contribution in [-0.2, 0) is 9.53 Å². The van der Waals surface area contributed by atoms with Crippen LogP contribution in [-0.4, -0.2) is 49.1 Å². The summed E-state index contributed by atoms with van der Waals surface area (Å²) in [5.74, 6) is 0.454. The number of nitrogens with one attached hydrogen (secondary N) is 2. The third-order valence-electron chi connectivity index (χ3n) is 3.80. The van der Waals surface area contributed by atoms with Crippen LogP contribution in [0.1, 0.15) is 29.6 Å². The van der Waals surface area contributed by atoms with Crippen molar-refractivity contribution in [1.82, 2.24) is 10.6 Å². The number of benzene rings is 1. The van der Waals surface area contributed by atoms with E-state index in [2.05, 4.69) is 10.6 Å². The Hall–Kier alpha value is -1.53. The number of carbonyl (C=O) groups is 2. The first-order chi connectivity index (χ1) is 11.2. The SMILES string of the molecule is CSCC[C@H](NC(=O)c1ccccc1)C(=O)NC[C@H]1CCCO1. The van der Waals surface area contributed by atoms with E-state index in [1.54, 1.807) is 23.9 Å². The van der Waals surface area contributed by atoms with Crippen LogP contribution in [0.25, 0.3) is 0 Å². The van der Waals surface area contributed by atoms with E-state index in [4.69, 9.17) is 4.74 Å². The summed E-state index contributed by atoms with van der Waals surface area (Å²) in [5.41, 5.74) is 0.563. The van der Waals surface area contributed by atoms with E-state index in [-0.39, 0.29) is 17.9 Å². The Morgan fingerprint density at radius 3 is 2.78 bits per heavy atom. The minimum atomic E-state index is -0.517. The van der Waals surface area contributed by atoms with Crippen molar-refractivity contribution in [3.63, 3.8) is 0 Å². The molecule has 5 nitrogen and oxygen atoms in total. The van der Waals surface area contributed by atoms with Crippen molar-refractivity contribution in [2.45, 2.75) is 31.4 Å². The molecule has 0 aromatic heterocycles. The maximum absolute atomic E-state index is 12.4. The molecule has 1 aliphatic heterocycles. The van der Waals surface area contributed by atoms with Gasteiger partial charge in [0.15, 0.2) is 0 Å². The maximum Gasteiger partial charge on any atom is 0.251 e. The minimum Gasteiger partial charge on any atom is -0.376 e. The summed E-state index contributed by atoms with van der Waals surface area (Å²) in [5, 5.41) is 5.74. The average molecular weight is 336 g/mol. The van der Waals surface area contributed by atoms with Gasteiger partial charge in [-0.25, -0.2) is 0 Å². The number of ether oxygens (including phenoxy) is 1. The summed E-state index contributed by atoms with van der Waals surface area (Å²) >= 11 is 1.66. The molecule has 6 heteroatoms. The van der Waals surface area contributed by atoms with E-state index >= 15 is 0 Å². The van der Waals surface area contributed by atoms with Gasteiger partial charge in [0, 0.05) is 18.7 Å². The second-order valence-corrected chi connectivity index (χ2v) is 6.54. The first kappa shape index (κ1) is 17.8. The van der Waals surface area contributed by atoms with Gasteiger partial charge in [0.1, 0.15) is 6.04 Å². The lowest BCUT2D eigenvalue weighted by Gasteiger charge is -2.19. The van der Waals surface area contributed by atoms with Crippen molar-refractivity contribution in [1.29, 1.82) is 0 Å². The third-order valence-corrected chi connectivity index (χ3v) is 4.44. The zero-order chi connectivity index (χ0) is 16.5. The van der Waals surface area contributed by atoms with Gasteiger partial charge in [-0.1, -0.05) is 18.2 Å². The highest BCUT2D eigenvalue weighted by Crippen LogP contribution is 2.11. The molecule has 1 saturated heterocycles. The fourth-order valence-corrected chi connectivity index (χ4v) is 2.95. The van der Waals surface area contributed by atoms with E-state index < -0.39 is 6.04 Å². The van der Waals surface area contributed by atoms with E-state index in [1.165, 1.54) is 0 Å². The fourth-order valence-electron chi connectivity index (χ4n) is 2.48. The van der Waals surface area contributed by atoms with Crippen LogP contribution in [0.15, 0.2) is 30.3 Å². The standard InChI is InChI=1S/C17H24N2O3S/c1-23-11-9-15(17(21)18-12-14-8-5-10-22-14)19-16(20)13-6-3-2-4-7-13/h2-4,6-7,14-15H,5,8-12H2,1H3,(H,18,21)(H,19,20)/t14-,15+/m1/s1. The van der Waals surface area contributed by atoms with E-state index in [0.29, 0.717) is 18.5 Å². The van der Waals surface area contributed by atoms with Crippen molar-refractivity contribution in [2.24, 2.45) is 0 Å². The van der Waals surface area contributed by atoms with Gasteiger partial charge in [0.2, 0.25) is 5.91 Å². The van der Waals surface area contributed by atoms with Gasteiger partial charge in [-0.15, -0.1) is 0 Å². The molecular weight excluding hydrogens is 312 g/mol. The first-order valence-electron chi connectivity index (χ1n) is 7.95. The van der Waals surface area contributed by atoms with Crippen LogP contribution in [0.3, 0.4) is 0 Å². The van der Waals surface area contributed by atoms with Crippen molar-refractivity contribution < 1.29 is 14.3 Å². The lowest BCUT2D eigenvalue weighted by Crippen LogP contribution is -2.48. The number of hydrogen-bond acceptors (Lipinski definition) is 4. The first-order valence-corrected chi connectivity index (χ1v) is 9.34. The summed E-state index contributed by atoms with van der Waals surface area (Å²) < 4.78 is 5.51. The van der Waals surface area contributed by atoms with E-state index in [1.807, 2.05) is 24.5 Å². The molecule has 0 radical (unpaired) electrons. The molecule has 0 saturated carbocycles. The van der Waals surface area contributed by atoms with Crippen molar-refractivity contribution >= 4 is 23.6 Å². The Kier molecular flexibility index (Phi) is 7.42. The lowest BCUT2D eigenvalue weighted by atomic mass is 10.1. The van der Waals surface area contributed by atoms with Crippen molar-refractivity contribution in [2.75, 3.05) is 25.2 Å². The molecule has 2 rings (SSSR count). The van der Waals surface area contributed by atoms with Crippen LogP contribution in [0.2, 0.25) is 0 Å². The quantitative estimate of drug-likeness (QED) is 0.760. The molecule has 2 N–H and O–H groups in total. The van der Waals surface area contributed by atoms with Gasteiger partial charge in [0.05, 0.1) is 6.10 Å². The van der Waals surface area contributed by atoms with Gasteiger partial charge >= 0.3 is 0 Å². The molecule has 1 aromatic rings. The Balaban J connectivity index is 1.89. The average Bonchev–Trinajstić information content (AvgIpc) is 3.10. The van der Waals surface area contributed by atoms with Gasteiger partial charge in [-0.3, -0.25) is 9.59 Å². The normalized spacial score (nSPS) is 18.4. The Bertz CT molecular complexity index is 504. The molecule has 1 fully saturated rings. The van der Waals surface area contributed by atoms with Gasteiger partial charge in [-0.05, 0) is 43.4 Å². The molecule has 0 bridgehead atoms. The maximum atomic E-state index is 12.4. The topological polar surface area (TPSA) is 67.4 Å². The Labute approximate surface area is 141 Å². The second-order valence-electron chi connectivity index (χ2n) is 5.55. The molecule has 0 aliphatic carbocycles. The summed E-state index contributed by atoms with van der Waals surface area (Å²) in [7, 11) is 0. The number of amides is 2. The number of rotatable bonds is 8. The van der Waals surface area contributed by atoms with Crippen LogP contribution in [0.4, 0.5) is 0 Å². The molecule has 1 heterocycles. The smallest absolute Gasteiger partial charge is 0.251 e. The molecule has 23 heavy (non-hydrogen) atoms. The number of thioether (sulfide) groups is 1. The highest BCUT2D eigenvalue weighted by Gasteiger charge is 2.23. The zero-order valence-electron chi connectivity index (χ0n) is 13.4. The monoisotopic (exact) mass is 336 g/mol. The molecule has 1 aliphatic rings. The van der Waals surface area contributed by atoms with E-state index in [0.717, 1.165) is 25.2 Å². The van der Waals surface area contributed by atoms with Crippen LogP contribution < -0.4 is 10.6 Å². The second kappa shape index (κ2) is 9.57.